The zero-order valence-electron chi connectivity index (χ0n) is 15.8. The van der Waals surface area contributed by atoms with Crippen molar-refractivity contribution in [2.24, 2.45) is 0 Å². The Bertz CT molecular complexity index is 1130. The van der Waals surface area contributed by atoms with Gasteiger partial charge in [-0.05, 0) is 55.1 Å². The van der Waals surface area contributed by atoms with Crippen LogP contribution in [0.25, 0.3) is 11.5 Å². The Hall–Kier alpha value is -3.59. The highest BCUT2D eigenvalue weighted by Crippen LogP contribution is 2.27. The molecule has 0 unspecified atom stereocenters. The molecule has 2 aromatic carbocycles. The molecule has 0 amide bonds. The molecular weight excluding hydrogens is 388 g/mol. The van der Waals surface area contributed by atoms with Crippen LogP contribution in [0.5, 0.6) is 11.6 Å². The minimum absolute atomic E-state index is 0.326. The molecule has 146 valence electrons. The molecule has 8 nitrogen and oxygen atoms in total. The first kappa shape index (κ1) is 18.8. The molecule has 0 fully saturated rings. The van der Waals surface area contributed by atoms with E-state index in [4.69, 9.17) is 14.9 Å². The van der Waals surface area contributed by atoms with Crippen LogP contribution in [0, 0.1) is 6.92 Å². The smallest absolute Gasteiger partial charge is 0.320 e. The number of thioether (sulfide) groups is 1. The van der Waals surface area contributed by atoms with E-state index in [-0.39, 0.29) is 0 Å². The Kier molecular flexibility index (Phi) is 5.30. The van der Waals surface area contributed by atoms with E-state index >= 15 is 0 Å². The summed E-state index contributed by atoms with van der Waals surface area (Å²) in [6.45, 7) is 2.02. The van der Waals surface area contributed by atoms with Crippen molar-refractivity contribution < 1.29 is 9.15 Å². The van der Waals surface area contributed by atoms with Crippen LogP contribution in [0.2, 0.25) is 0 Å². The van der Waals surface area contributed by atoms with E-state index in [9.17, 15) is 0 Å². The molecule has 2 aromatic heterocycles. The third kappa shape index (κ3) is 4.64. The number of nitrogens with one attached hydrogen (secondary N) is 1. The second-order valence-corrected chi connectivity index (χ2v) is 6.92. The number of benzene rings is 2. The van der Waals surface area contributed by atoms with E-state index in [2.05, 4.69) is 25.5 Å². The maximum Gasteiger partial charge on any atom is 0.320 e. The monoisotopic (exact) mass is 406 g/mol. The molecule has 29 heavy (non-hydrogen) atoms. The maximum atomic E-state index is 5.78. The first-order valence-electron chi connectivity index (χ1n) is 8.73. The summed E-state index contributed by atoms with van der Waals surface area (Å²) in [6.07, 6.45) is 1.87. The van der Waals surface area contributed by atoms with Crippen molar-refractivity contribution in [2.75, 3.05) is 17.3 Å². The van der Waals surface area contributed by atoms with Crippen LogP contribution in [-0.4, -0.2) is 26.4 Å². The summed E-state index contributed by atoms with van der Waals surface area (Å²) < 4.78 is 11.5. The minimum atomic E-state index is 0.326. The molecule has 4 aromatic rings. The molecule has 0 aliphatic carbocycles. The second kappa shape index (κ2) is 8.19. The van der Waals surface area contributed by atoms with Crippen LogP contribution in [0.15, 0.2) is 64.2 Å². The van der Waals surface area contributed by atoms with Gasteiger partial charge in [0.1, 0.15) is 11.6 Å². The van der Waals surface area contributed by atoms with E-state index in [0.717, 1.165) is 16.8 Å². The van der Waals surface area contributed by atoms with Gasteiger partial charge in [0.15, 0.2) is 5.16 Å². The summed E-state index contributed by atoms with van der Waals surface area (Å²) in [5.74, 6) is 1.76. The van der Waals surface area contributed by atoms with Crippen LogP contribution in [0.1, 0.15) is 5.56 Å². The molecule has 3 N–H and O–H groups in total. The van der Waals surface area contributed by atoms with Gasteiger partial charge in [0, 0.05) is 17.3 Å². The number of anilines is 3. The zero-order valence-corrected chi connectivity index (χ0v) is 16.6. The molecular formula is C20H18N6O2S. The number of aryl methyl sites for hydroxylation is 1. The van der Waals surface area contributed by atoms with Gasteiger partial charge in [-0.1, -0.05) is 29.0 Å². The van der Waals surface area contributed by atoms with Crippen LogP contribution >= 0.6 is 11.8 Å². The van der Waals surface area contributed by atoms with Crippen LogP contribution < -0.4 is 15.8 Å². The predicted molar refractivity (Wildman–Crippen MR) is 112 cm³/mol. The molecule has 0 saturated carbocycles. The van der Waals surface area contributed by atoms with E-state index in [1.54, 1.807) is 18.2 Å². The maximum absolute atomic E-state index is 5.78. The summed E-state index contributed by atoms with van der Waals surface area (Å²) in [5, 5.41) is 11.8. The van der Waals surface area contributed by atoms with Crippen molar-refractivity contribution in [3.05, 3.63) is 60.2 Å². The lowest BCUT2D eigenvalue weighted by molar-refractivity contribution is 0.456. The average molecular weight is 406 g/mol. The number of hydrogen-bond acceptors (Lipinski definition) is 9. The Balaban J connectivity index is 1.47. The fourth-order valence-electron chi connectivity index (χ4n) is 2.59. The van der Waals surface area contributed by atoms with E-state index in [1.165, 1.54) is 11.8 Å². The Morgan fingerprint density at radius 3 is 2.62 bits per heavy atom. The molecule has 0 aliphatic rings. The van der Waals surface area contributed by atoms with Crippen molar-refractivity contribution in [3.8, 4) is 23.1 Å². The number of nitrogens with zero attached hydrogens (tertiary/aromatic N) is 4. The number of ether oxygens (including phenoxy) is 1. The van der Waals surface area contributed by atoms with Gasteiger partial charge in [-0.25, -0.2) is 4.98 Å². The van der Waals surface area contributed by atoms with E-state index in [1.807, 2.05) is 49.6 Å². The van der Waals surface area contributed by atoms with Gasteiger partial charge in [-0.3, -0.25) is 0 Å². The number of aromatic nitrogens is 4. The molecule has 0 bridgehead atoms. The molecule has 0 aliphatic heterocycles. The lowest BCUT2D eigenvalue weighted by Gasteiger charge is -2.06. The second-order valence-electron chi connectivity index (χ2n) is 6.15. The van der Waals surface area contributed by atoms with Gasteiger partial charge in [0.05, 0.1) is 0 Å². The van der Waals surface area contributed by atoms with Crippen molar-refractivity contribution >= 4 is 29.3 Å². The summed E-state index contributed by atoms with van der Waals surface area (Å²) >= 11 is 1.40. The first-order valence-corrected chi connectivity index (χ1v) is 9.95. The van der Waals surface area contributed by atoms with E-state index < -0.39 is 0 Å². The third-order valence-electron chi connectivity index (χ3n) is 3.90. The summed E-state index contributed by atoms with van der Waals surface area (Å²) in [7, 11) is 0. The van der Waals surface area contributed by atoms with Crippen molar-refractivity contribution in [2.45, 2.75) is 12.1 Å². The third-order valence-corrected chi connectivity index (χ3v) is 4.45. The fourth-order valence-corrected chi connectivity index (χ4v) is 2.97. The predicted octanol–water partition coefficient (Wildman–Crippen LogP) is 4.68. The number of nitrogens with two attached hydrogens (primary N) is 1. The Morgan fingerprint density at radius 1 is 1.03 bits per heavy atom. The van der Waals surface area contributed by atoms with Gasteiger partial charge < -0.3 is 20.2 Å². The molecule has 4 rings (SSSR count). The quantitative estimate of drug-likeness (QED) is 0.348. The highest BCUT2D eigenvalue weighted by Gasteiger charge is 2.10. The van der Waals surface area contributed by atoms with Gasteiger partial charge in [-0.15, -0.1) is 5.10 Å². The minimum Gasteiger partial charge on any atom is -0.439 e. The lowest BCUT2D eigenvalue weighted by Crippen LogP contribution is -1.97. The summed E-state index contributed by atoms with van der Waals surface area (Å²) in [5.41, 5.74) is 8.57. The lowest BCUT2D eigenvalue weighted by atomic mass is 10.2. The molecule has 0 saturated heterocycles. The fraction of sp³-hybridized carbons (Fsp3) is 0.100. The van der Waals surface area contributed by atoms with Crippen molar-refractivity contribution in [1.82, 2.24) is 20.2 Å². The van der Waals surface area contributed by atoms with Crippen molar-refractivity contribution in [3.63, 3.8) is 0 Å². The van der Waals surface area contributed by atoms with Gasteiger partial charge in [0.2, 0.25) is 11.8 Å². The Labute approximate surface area is 171 Å². The molecule has 0 radical (unpaired) electrons. The molecule has 9 heteroatoms. The number of nitrogen functional groups attached to an aromatic ring is 1. The van der Waals surface area contributed by atoms with Gasteiger partial charge >= 0.3 is 6.01 Å². The van der Waals surface area contributed by atoms with Gasteiger partial charge in [-0.2, -0.15) is 4.98 Å². The summed E-state index contributed by atoms with van der Waals surface area (Å²) in [6, 6.07) is 17.1. The first-order chi connectivity index (χ1) is 14.1. The molecule has 2 heterocycles. The van der Waals surface area contributed by atoms with Crippen LogP contribution in [-0.2, 0) is 0 Å². The SMILES string of the molecule is CSc1nc(N)cc(Oc2ccc(-c3nnc(Nc4cccc(C)c4)o3)cc2)n1. The highest BCUT2D eigenvalue weighted by atomic mass is 32.2. The molecule has 0 atom stereocenters. The highest BCUT2D eigenvalue weighted by molar-refractivity contribution is 7.98. The largest absolute Gasteiger partial charge is 0.439 e. The molecule has 0 spiro atoms. The van der Waals surface area contributed by atoms with E-state index in [0.29, 0.717) is 34.5 Å². The normalized spacial score (nSPS) is 10.7. The zero-order chi connectivity index (χ0) is 20.2. The van der Waals surface area contributed by atoms with Crippen LogP contribution in [0.4, 0.5) is 17.5 Å². The number of rotatable bonds is 6. The van der Waals surface area contributed by atoms with Crippen LogP contribution in [0.3, 0.4) is 0 Å². The van der Waals surface area contributed by atoms with Gasteiger partial charge in [0.25, 0.3) is 0 Å². The Morgan fingerprint density at radius 2 is 1.86 bits per heavy atom. The average Bonchev–Trinajstić information content (AvgIpc) is 3.16. The van der Waals surface area contributed by atoms with Crippen molar-refractivity contribution in [1.29, 1.82) is 0 Å². The topological polar surface area (TPSA) is 112 Å². The standard InChI is InChI=1S/C20H18N6O2S/c1-12-4-3-5-14(10-12)22-19-26-25-18(28-19)13-6-8-15(9-7-13)27-17-11-16(21)23-20(24-17)29-2/h3-11H,1-2H3,(H,22,26)(H2,21,23,24). The summed E-state index contributed by atoms with van der Waals surface area (Å²) in [4.78, 5) is 8.38. The number of hydrogen-bond donors (Lipinski definition) is 2.